The summed E-state index contributed by atoms with van der Waals surface area (Å²) in [4.78, 5) is 12.3. The van der Waals surface area contributed by atoms with E-state index in [0.29, 0.717) is 13.2 Å². The van der Waals surface area contributed by atoms with Gasteiger partial charge in [0, 0.05) is 25.1 Å². The highest BCUT2D eigenvalue weighted by molar-refractivity contribution is 5.79. The quantitative estimate of drug-likeness (QED) is 0.869. The van der Waals surface area contributed by atoms with Gasteiger partial charge in [-0.2, -0.15) is 0 Å². The van der Waals surface area contributed by atoms with Crippen LogP contribution in [0.15, 0.2) is 18.2 Å². The Bertz CT molecular complexity index is 535. The first-order valence-electron chi connectivity index (χ1n) is 8.55. The Morgan fingerprint density at radius 1 is 1.43 bits per heavy atom. The lowest BCUT2D eigenvalue weighted by atomic mass is 9.99. The molecule has 2 heterocycles. The number of nitrogens with one attached hydrogen (secondary N) is 2. The number of carbonyl (C=O) groups excluding carboxylic acids is 1. The molecule has 1 amide bonds. The molecule has 5 heteroatoms. The van der Waals surface area contributed by atoms with Crippen LogP contribution in [0.1, 0.15) is 30.4 Å². The first-order chi connectivity index (χ1) is 11.2. The maximum Gasteiger partial charge on any atom is 0.224 e. The van der Waals surface area contributed by atoms with Crippen LogP contribution in [0, 0.1) is 12.8 Å². The highest BCUT2D eigenvalue weighted by Gasteiger charge is 2.22. The molecule has 3 rings (SSSR count). The van der Waals surface area contributed by atoms with Crippen LogP contribution in [0.5, 0.6) is 5.75 Å². The zero-order valence-electron chi connectivity index (χ0n) is 13.8. The number of benzene rings is 1. The molecule has 2 atom stereocenters. The highest BCUT2D eigenvalue weighted by Crippen LogP contribution is 2.24. The fourth-order valence-corrected chi connectivity index (χ4v) is 3.11. The number of ether oxygens (including phenoxy) is 2. The number of amides is 1. The van der Waals surface area contributed by atoms with Crippen LogP contribution in [-0.4, -0.2) is 38.3 Å². The number of piperidine rings is 1. The molecule has 2 unspecified atom stereocenters. The first kappa shape index (κ1) is 16.3. The largest absolute Gasteiger partial charge is 0.488 e. The lowest BCUT2D eigenvalue weighted by molar-refractivity contribution is -0.125. The summed E-state index contributed by atoms with van der Waals surface area (Å²) in [6.07, 6.45) is 3.08. The molecular formula is C18H26N2O3. The summed E-state index contributed by atoms with van der Waals surface area (Å²) < 4.78 is 11.5. The Morgan fingerprint density at radius 2 is 2.35 bits per heavy atom. The fraction of sp³-hybridized carbons (Fsp3) is 0.611. The van der Waals surface area contributed by atoms with Crippen LogP contribution < -0.4 is 15.4 Å². The number of hydrogen-bond acceptors (Lipinski definition) is 4. The third-order valence-corrected chi connectivity index (χ3v) is 4.52. The van der Waals surface area contributed by atoms with E-state index in [4.69, 9.17) is 9.47 Å². The van der Waals surface area contributed by atoms with Crippen molar-refractivity contribution in [2.75, 3.05) is 26.3 Å². The third kappa shape index (κ3) is 4.45. The standard InChI is InChI=1S/C18H26N2O3/c1-13-4-5-14(17(9-13)23-16-6-8-22-12-16)11-20-18(21)15-3-2-7-19-10-15/h4-5,9,15-16,19H,2-3,6-8,10-12H2,1H3,(H,20,21). The summed E-state index contributed by atoms with van der Waals surface area (Å²) in [5.41, 5.74) is 2.19. The number of hydrogen-bond donors (Lipinski definition) is 2. The molecular weight excluding hydrogens is 292 g/mol. The smallest absolute Gasteiger partial charge is 0.224 e. The van der Waals surface area contributed by atoms with E-state index in [0.717, 1.165) is 55.8 Å². The summed E-state index contributed by atoms with van der Waals surface area (Å²) >= 11 is 0. The molecule has 0 bridgehead atoms. The molecule has 0 saturated carbocycles. The van der Waals surface area contributed by atoms with Crippen molar-refractivity contribution in [2.24, 2.45) is 5.92 Å². The predicted molar refractivity (Wildman–Crippen MR) is 88.5 cm³/mol. The van der Waals surface area contributed by atoms with Crippen molar-refractivity contribution in [3.8, 4) is 5.75 Å². The van der Waals surface area contributed by atoms with E-state index >= 15 is 0 Å². The average molecular weight is 318 g/mol. The Morgan fingerprint density at radius 3 is 3.09 bits per heavy atom. The zero-order valence-corrected chi connectivity index (χ0v) is 13.8. The van der Waals surface area contributed by atoms with Crippen molar-refractivity contribution >= 4 is 5.91 Å². The van der Waals surface area contributed by atoms with Crippen molar-refractivity contribution < 1.29 is 14.3 Å². The summed E-state index contributed by atoms with van der Waals surface area (Å²) in [6.45, 7) is 5.77. The van der Waals surface area contributed by atoms with Crippen molar-refractivity contribution in [1.82, 2.24) is 10.6 Å². The van der Waals surface area contributed by atoms with Gasteiger partial charge in [0.15, 0.2) is 0 Å². The van der Waals surface area contributed by atoms with Gasteiger partial charge in [-0.3, -0.25) is 4.79 Å². The van der Waals surface area contributed by atoms with E-state index < -0.39 is 0 Å². The van der Waals surface area contributed by atoms with Crippen molar-refractivity contribution in [1.29, 1.82) is 0 Å². The van der Waals surface area contributed by atoms with E-state index in [1.807, 2.05) is 19.1 Å². The molecule has 0 radical (unpaired) electrons. The number of rotatable bonds is 5. The zero-order chi connectivity index (χ0) is 16.1. The van der Waals surface area contributed by atoms with Crippen molar-refractivity contribution in [2.45, 2.75) is 38.8 Å². The lowest BCUT2D eigenvalue weighted by Gasteiger charge is -2.22. The molecule has 126 valence electrons. The second-order valence-corrected chi connectivity index (χ2v) is 6.48. The van der Waals surface area contributed by atoms with Gasteiger partial charge < -0.3 is 20.1 Å². The normalized spacial score (nSPS) is 24.4. The second-order valence-electron chi connectivity index (χ2n) is 6.48. The van der Waals surface area contributed by atoms with Gasteiger partial charge in [0.1, 0.15) is 11.9 Å². The van der Waals surface area contributed by atoms with Crippen LogP contribution in [0.4, 0.5) is 0 Å². The van der Waals surface area contributed by atoms with Gasteiger partial charge in [-0.1, -0.05) is 12.1 Å². The Kier molecular flexibility index (Phi) is 5.51. The lowest BCUT2D eigenvalue weighted by Crippen LogP contribution is -2.40. The summed E-state index contributed by atoms with van der Waals surface area (Å²) in [7, 11) is 0. The Hall–Kier alpha value is -1.59. The summed E-state index contributed by atoms with van der Waals surface area (Å²) in [6, 6.07) is 6.14. The fourth-order valence-electron chi connectivity index (χ4n) is 3.11. The average Bonchev–Trinajstić information content (AvgIpc) is 3.08. The molecule has 0 aromatic heterocycles. The van der Waals surface area contributed by atoms with E-state index in [2.05, 4.69) is 16.7 Å². The maximum absolute atomic E-state index is 12.3. The SMILES string of the molecule is Cc1ccc(CNC(=O)C2CCCNC2)c(OC2CCOC2)c1. The number of aryl methyl sites for hydroxylation is 1. The van der Waals surface area contributed by atoms with Crippen LogP contribution in [0.2, 0.25) is 0 Å². The molecule has 2 aliphatic heterocycles. The Labute approximate surface area is 137 Å². The van der Waals surface area contributed by atoms with E-state index in [9.17, 15) is 4.79 Å². The molecule has 23 heavy (non-hydrogen) atoms. The minimum absolute atomic E-state index is 0.0850. The monoisotopic (exact) mass is 318 g/mol. The van der Waals surface area contributed by atoms with Crippen LogP contribution >= 0.6 is 0 Å². The molecule has 5 nitrogen and oxygen atoms in total. The molecule has 0 aliphatic carbocycles. The summed E-state index contributed by atoms with van der Waals surface area (Å²) in [5.74, 6) is 1.08. The summed E-state index contributed by atoms with van der Waals surface area (Å²) in [5, 5.41) is 6.34. The Balaban J connectivity index is 1.60. The van der Waals surface area contributed by atoms with Gasteiger partial charge in [0.05, 0.1) is 19.1 Å². The molecule has 2 fully saturated rings. The van der Waals surface area contributed by atoms with Gasteiger partial charge in [0.2, 0.25) is 5.91 Å². The van der Waals surface area contributed by atoms with E-state index in [-0.39, 0.29) is 17.9 Å². The molecule has 2 saturated heterocycles. The third-order valence-electron chi connectivity index (χ3n) is 4.52. The molecule has 1 aromatic carbocycles. The molecule has 0 spiro atoms. The van der Waals surface area contributed by atoms with Crippen molar-refractivity contribution in [3.63, 3.8) is 0 Å². The molecule has 1 aromatic rings. The van der Waals surface area contributed by atoms with Gasteiger partial charge in [-0.15, -0.1) is 0 Å². The van der Waals surface area contributed by atoms with Crippen LogP contribution in [0.25, 0.3) is 0 Å². The number of carbonyl (C=O) groups is 1. The first-order valence-corrected chi connectivity index (χ1v) is 8.55. The van der Waals surface area contributed by atoms with Crippen molar-refractivity contribution in [3.05, 3.63) is 29.3 Å². The van der Waals surface area contributed by atoms with E-state index in [1.54, 1.807) is 0 Å². The minimum Gasteiger partial charge on any atom is -0.488 e. The van der Waals surface area contributed by atoms with Gasteiger partial charge >= 0.3 is 0 Å². The predicted octanol–water partition coefficient (Wildman–Crippen LogP) is 1.78. The maximum atomic E-state index is 12.3. The van der Waals surface area contributed by atoms with Gasteiger partial charge in [0.25, 0.3) is 0 Å². The topological polar surface area (TPSA) is 59.6 Å². The second kappa shape index (κ2) is 7.79. The van der Waals surface area contributed by atoms with E-state index in [1.165, 1.54) is 0 Å². The minimum atomic E-state index is 0.0850. The molecule has 2 N–H and O–H groups in total. The highest BCUT2D eigenvalue weighted by atomic mass is 16.5. The van der Waals surface area contributed by atoms with Gasteiger partial charge in [-0.25, -0.2) is 0 Å². The van der Waals surface area contributed by atoms with Gasteiger partial charge in [-0.05, 0) is 37.9 Å². The van der Waals surface area contributed by atoms with Crippen LogP contribution in [0.3, 0.4) is 0 Å². The molecule has 2 aliphatic rings. The van der Waals surface area contributed by atoms with Crippen LogP contribution in [-0.2, 0) is 16.1 Å².